The van der Waals surface area contributed by atoms with Gasteiger partial charge in [0, 0.05) is 42.0 Å². The van der Waals surface area contributed by atoms with Crippen LogP contribution in [0, 0.1) is 5.92 Å². The third-order valence-corrected chi connectivity index (χ3v) is 6.28. The Balaban J connectivity index is 1.62. The van der Waals surface area contributed by atoms with Gasteiger partial charge in [-0.2, -0.15) is 0 Å². The number of carbonyl (C=O) groups is 3. The molecule has 0 saturated carbocycles. The number of aryl methyl sites for hydroxylation is 1. The number of likely N-dealkylation sites (tertiary alicyclic amines) is 1. The van der Waals surface area contributed by atoms with Crippen LogP contribution in [0.15, 0.2) is 48.5 Å². The SMILES string of the molecule is Cn1c(COc2ccc(Cl)cc2)c(C(=O)C(=O)N2CCC(C(N)=O)CC2)c2ccccc21. The number of hydrogen-bond acceptors (Lipinski definition) is 4. The lowest BCUT2D eigenvalue weighted by atomic mass is 9.95. The first-order valence-electron chi connectivity index (χ1n) is 10.4. The van der Waals surface area contributed by atoms with E-state index >= 15 is 0 Å². The first-order chi connectivity index (χ1) is 15.4. The van der Waals surface area contributed by atoms with Crippen LogP contribution in [0.4, 0.5) is 0 Å². The van der Waals surface area contributed by atoms with Crippen LogP contribution in [0.25, 0.3) is 10.9 Å². The number of Topliss-reactive ketones (excluding diaryl/α,β-unsaturated/α-hetero) is 1. The summed E-state index contributed by atoms with van der Waals surface area (Å²) in [5.41, 5.74) is 7.18. The van der Waals surface area contributed by atoms with Crippen LogP contribution in [-0.2, 0) is 23.2 Å². The Hall–Kier alpha value is -3.32. The van der Waals surface area contributed by atoms with E-state index in [2.05, 4.69) is 0 Å². The first kappa shape index (κ1) is 21.9. The highest BCUT2D eigenvalue weighted by Crippen LogP contribution is 2.28. The first-order valence-corrected chi connectivity index (χ1v) is 10.8. The number of nitrogens with two attached hydrogens (primary N) is 1. The molecule has 0 atom stereocenters. The molecule has 0 spiro atoms. The third kappa shape index (κ3) is 4.21. The van der Waals surface area contributed by atoms with Crippen LogP contribution in [0.2, 0.25) is 5.02 Å². The Kier molecular flexibility index (Phi) is 6.19. The molecule has 1 aliphatic heterocycles. The predicted molar refractivity (Wildman–Crippen MR) is 122 cm³/mol. The number of amides is 2. The minimum absolute atomic E-state index is 0.116. The highest BCUT2D eigenvalue weighted by Gasteiger charge is 2.32. The van der Waals surface area contributed by atoms with Gasteiger partial charge in [-0.15, -0.1) is 0 Å². The van der Waals surface area contributed by atoms with Gasteiger partial charge in [0.25, 0.3) is 11.7 Å². The molecule has 166 valence electrons. The zero-order valence-electron chi connectivity index (χ0n) is 17.7. The molecule has 0 unspecified atom stereocenters. The van der Waals surface area contributed by atoms with Gasteiger partial charge in [0.1, 0.15) is 12.4 Å². The summed E-state index contributed by atoms with van der Waals surface area (Å²) in [6.07, 6.45) is 0.937. The quantitative estimate of drug-likeness (QED) is 0.457. The fourth-order valence-corrected chi connectivity index (χ4v) is 4.29. The summed E-state index contributed by atoms with van der Waals surface area (Å²) in [5.74, 6) is -1.15. The average molecular weight is 454 g/mol. The number of aromatic nitrogens is 1. The van der Waals surface area contributed by atoms with Gasteiger partial charge in [-0.1, -0.05) is 29.8 Å². The highest BCUT2D eigenvalue weighted by atomic mass is 35.5. The lowest BCUT2D eigenvalue weighted by molar-refractivity contribution is -0.131. The van der Waals surface area contributed by atoms with Crippen LogP contribution in [-0.4, -0.2) is 40.2 Å². The van der Waals surface area contributed by atoms with Crippen LogP contribution >= 0.6 is 11.6 Å². The second-order valence-corrected chi connectivity index (χ2v) is 8.37. The van der Waals surface area contributed by atoms with Gasteiger partial charge in [0.05, 0.1) is 11.3 Å². The lowest BCUT2D eigenvalue weighted by Gasteiger charge is -2.30. The minimum atomic E-state index is -0.575. The van der Waals surface area contributed by atoms with Gasteiger partial charge in [0.15, 0.2) is 0 Å². The Bertz CT molecular complexity index is 1180. The second-order valence-electron chi connectivity index (χ2n) is 7.94. The van der Waals surface area contributed by atoms with Crippen molar-refractivity contribution in [3.05, 3.63) is 64.8 Å². The molecule has 0 radical (unpaired) electrons. The number of nitrogens with zero attached hydrogens (tertiary/aromatic N) is 2. The molecule has 32 heavy (non-hydrogen) atoms. The summed E-state index contributed by atoms with van der Waals surface area (Å²) >= 11 is 5.94. The summed E-state index contributed by atoms with van der Waals surface area (Å²) in [5, 5.41) is 1.30. The van der Waals surface area contributed by atoms with Crippen molar-refractivity contribution in [3.63, 3.8) is 0 Å². The molecule has 2 amide bonds. The number of para-hydroxylation sites is 1. The fourth-order valence-electron chi connectivity index (χ4n) is 4.17. The number of rotatable bonds is 6. The van der Waals surface area contributed by atoms with Gasteiger partial charge in [0.2, 0.25) is 5.91 Å². The zero-order valence-corrected chi connectivity index (χ0v) is 18.5. The molecule has 1 saturated heterocycles. The Morgan fingerprint density at radius 3 is 2.38 bits per heavy atom. The maximum Gasteiger partial charge on any atom is 0.295 e. The Labute approximate surface area is 190 Å². The minimum Gasteiger partial charge on any atom is -0.487 e. The number of piperidine rings is 1. The predicted octanol–water partition coefficient (Wildman–Crippen LogP) is 3.32. The van der Waals surface area contributed by atoms with Gasteiger partial charge in [-0.3, -0.25) is 14.4 Å². The van der Waals surface area contributed by atoms with E-state index < -0.39 is 11.7 Å². The van der Waals surface area contributed by atoms with Crippen LogP contribution in [0.5, 0.6) is 5.75 Å². The Morgan fingerprint density at radius 1 is 1.06 bits per heavy atom. The van der Waals surface area contributed by atoms with E-state index in [1.165, 1.54) is 4.90 Å². The zero-order chi connectivity index (χ0) is 22.8. The van der Waals surface area contributed by atoms with E-state index in [0.717, 1.165) is 5.52 Å². The van der Waals surface area contributed by atoms with Crippen molar-refractivity contribution in [2.45, 2.75) is 19.4 Å². The Morgan fingerprint density at radius 2 is 1.72 bits per heavy atom. The van der Waals surface area contributed by atoms with E-state index in [1.54, 1.807) is 24.3 Å². The average Bonchev–Trinajstić information content (AvgIpc) is 3.09. The number of benzene rings is 2. The van der Waals surface area contributed by atoms with Gasteiger partial charge in [-0.05, 0) is 43.2 Å². The van der Waals surface area contributed by atoms with Crippen molar-refractivity contribution in [2.75, 3.05) is 13.1 Å². The van der Waals surface area contributed by atoms with Gasteiger partial charge in [-0.25, -0.2) is 0 Å². The van der Waals surface area contributed by atoms with E-state index in [9.17, 15) is 14.4 Å². The van der Waals surface area contributed by atoms with E-state index in [0.29, 0.717) is 53.3 Å². The molecule has 1 aromatic heterocycles. The van der Waals surface area contributed by atoms with Gasteiger partial charge >= 0.3 is 0 Å². The summed E-state index contributed by atoms with van der Waals surface area (Å²) in [6.45, 7) is 0.782. The van der Waals surface area contributed by atoms with Gasteiger partial charge < -0.3 is 19.9 Å². The van der Waals surface area contributed by atoms with Crippen molar-refractivity contribution >= 4 is 40.1 Å². The molecular weight excluding hydrogens is 430 g/mol. The van der Waals surface area contributed by atoms with Crippen molar-refractivity contribution in [1.29, 1.82) is 0 Å². The number of ketones is 1. The van der Waals surface area contributed by atoms with E-state index in [4.69, 9.17) is 22.1 Å². The number of primary amides is 1. The number of fused-ring (bicyclic) bond motifs is 1. The fraction of sp³-hybridized carbons (Fsp3) is 0.292. The van der Waals surface area contributed by atoms with Crippen LogP contribution in [0.3, 0.4) is 0 Å². The van der Waals surface area contributed by atoms with E-state index in [-0.39, 0.29) is 18.4 Å². The third-order valence-electron chi connectivity index (χ3n) is 6.02. The molecule has 8 heteroatoms. The summed E-state index contributed by atoms with van der Waals surface area (Å²) in [6, 6.07) is 14.4. The van der Waals surface area contributed by atoms with Crippen molar-refractivity contribution in [2.24, 2.45) is 18.7 Å². The summed E-state index contributed by atoms with van der Waals surface area (Å²) < 4.78 is 7.79. The summed E-state index contributed by atoms with van der Waals surface area (Å²) in [4.78, 5) is 39.4. The molecule has 4 rings (SSSR count). The molecular formula is C24H24ClN3O4. The van der Waals surface area contributed by atoms with Crippen molar-refractivity contribution < 1.29 is 19.1 Å². The highest BCUT2D eigenvalue weighted by molar-refractivity contribution is 6.45. The smallest absolute Gasteiger partial charge is 0.295 e. The molecule has 1 aliphatic rings. The van der Waals surface area contributed by atoms with Crippen molar-refractivity contribution in [3.8, 4) is 5.75 Å². The van der Waals surface area contributed by atoms with E-state index in [1.807, 2.05) is 35.9 Å². The molecule has 0 aliphatic carbocycles. The second kappa shape index (κ2) is 9.04. The maximum atomic E-state index is 13.4. The number of hydrogen-bond donors (Lipinski definition) is 1. The molecule has 3 aromatic rings. The largest absolute Gasteiger partial charge is 0.487 e. The van der Waals surface area contributed by atoms with Crippen molar-refractivity contribution in [1.82, 2.24) is 9.47 Å². The normalized spacial score (nSPS) is 14.5. The number of ether oxygens (including phenoxy) is 1. The summed E-state index contributed by atoms with van der Waals surface area (Å²) in [7, 11) is 1.85. The molecule has 7 nitrogen and oxygen atoms in total. The number of halogens is 1. The molecule has 1 fully saturated rings. The number of carbonyl (C=O) groups excluding carboxylic acids is 3. The van der Waals surface area contributed by atoms with Crippen LogP contribution < -0.4 is 10.5 Å². The maximum absolute atomic E-state index is 13.4. The molecule has 2 aromatic carbocycles. The molecule has 2 heterocycles. The lowest BCUT2D eigenvalue weighted by Crippen LogP contribution is -2.44. The van der Waals surface area contributed by atoms with Crippen LogP contribution in [0.1, 0.15) is 28.9 Å². The topological polar surface area (TPSA) is 94.6 Å². The standard InChI is InChI=1S/C24H24ClN3O4/c1-27-19-5-3-2-4-18(19)21(20(27)14-32-17-8-6-16(25)7-9-17)22(29)24(31)28-12-10-15(11-13-28)23(26)30/h2-9,15H,10-14H2,1H3,(H2,26,30). The molecule has 0 bridgehead atoms. The molecule has 2 N–H and O–H groups in total. The monoisotopic (exact) mass is 453 g/mol.